The monoisotopic (exact) mass is 475 g/mol. The average molecular weight is 476 g/mol. The summed E-state index contributed by atoms with van der Waals surface area (Å²) in [6.07, 6.45) is 8.16. The van der Waals surface area contributed by atoms with Crippen LogP contribution >= 0.6 is 0 Å². The van der Waals surface area contributed by atoms with Crippen LogP contribution in [0, 0.1) is 11.8 Å². The zero-order chi connectivity index (χ0) is 23.8. The lowest BCUT2D eigenvalue weighted by Crippen LogP contribution is -2.62. The Hall–Kier alpha value is -3.02. The molecule has 2 bridgehead atoms. The van der Waals surface area contributed by atoms with E-state index in [2.05, 4.69) is 12.1 Å². The molecule has 0 radical (unpaired) electrons. The summed E-state index contributed by atoms with van der Waals surface area (Å²) >= 11 is 0. The molecule has 184 valence electrons. The number of hydrogen-bond donors (Lipinski definition) is 0. The summed E-state index contributed by atoms with van der Waals surface area (Å²) < 4.78 is 16.9. The maximum absolute atomic E-state index is 13.2. The topological polar surface area (TPSA) is 65.1 Å². The van der Waals surface area contributed by atoms with Crippen molar-refractivity contribution >= 4 is 12.1 Å². The van der Waals surface area contributed by atoms with E-state index < -0.39 is 0 Å². The molecule has 3 aliphatic carbocycles. The third kappa shape index (κ3) is 4.28. The molecular formula is C29H33NO5. The van der Waals surface area contributed by atoms with Gasteiger partial charge in [0.1, 0.15) is 12.4 Å². The van der Waals surface area contributed by atoms with Crippen LogP contribution in [0.5, 0.6) is 5.75 Å². The third-order valence-electron chi connectivity index (χ3n) is 8.59. The molecule has 35 heavy (non-hydrogen) atoms. The van der Waals surface area contributed by atoms with Gasteiger partial charge in [-0.2, -0.15) is 0 Å². The van der Waals surface area contributed by atoms with Crippen molar-refractivity contribution < 1.29 is 23.8 Å². The van der Waals surface area contributed by atoms with Crippen LogP contribution < -0.4 is 4.74 Å². The van der Waals surface area contributed by atoms with Crippen molar-refractivity contribution in [3.63, 3.8) is 0 Å². The van der Waals surface area contributed by atoms with Crippen LogP contribution in [0.15, 0.2) is 48.5 Å². The molecule has 6 nitrogen and oxygen atoms in total. The molecule has 0 N–H and O–H groups in total. The summed E-state index contributed by atoms with van der Waals surface area (Å²) in [6, 6.07) is 16.3. The average Bonchev–Trinajstić information content (AvgIpc) is 3.74. The van der Waals surface area contributed by atoms with Crippen molar-refractivity contribution in [1.82, 2.24) is 4.90 Å². The lowest BCUT2D eigenvalue weighted by Gasteiger charge is -2.58. The number of fused-ring (bicyclic) bond motifs is 1. The Balaban J connectivity index is 1.19. The number of carbonyl (C=O) groups excluding carboxylic acids is 2. The normalized spacial score (nSPS) is 26.8. The smallest absolute Gasteiger partial charge is 0.410 e. The summed E-state index contributed by atoms with van der Waals surface area (Å²) in [5, 5.41) is 0. The molecule has 0 spiro atoms. The molecule has 2 aromatic rings. The van der Waals surface area contributed by atoms with E-state index in [-0.39, 0.29) is 36.2 Å². The summed E-state index contributed by atoms with van der Waals surface area (Å²) in [4.78, 5) is 27.0. The van der Waals surface area contributed by atoms with E-state index in [0.717, 1.165) is 56.4 Å². The minimum atomic E-state index is -0.195. The first-order chi connectivity index (χ1) is 17.1. The van der Waals surface area contributed by atoms with Gasteiger partial charge >= 0.3 is 12.1 Å². The van der Waals surface area contributed by atoms with Crippen molar-refractivity contribution in [3.8, 4) is 5.75 Å². The Morgan fingerprint density at radius 3 is 2.66 bits per heavy atom. The van der Waals surface area contributed by atoms with Gasteiger partial charge in [0.2, 0.25) is 6.79 Å². The Morgan fingerprint density at radius 1 is 0.971 bits per heavy atom. The first kappa shape index (κ1) is 22.4. The van der Waals surface area contributed by atoms with Crippen molar-refractivity contribution in [2.24, 2.45) is 11.8 Å². The lowest BCUT2D eigenvalue weighted by molar-refractivity contribution is -0.151. The molecule has 0 aromatic heterocycles. The molecule has 1 heterocycles. The molecule has 4 aliphatic rings. The lowest BCUT2D eigenvalue weighted by atomic mass is 9.52. The van der Waals surface area contributed by atoms with Crippen molar-refractivity contribution in [1.29, 1.82) is 0 Å². The summed E-state index contributed by atoms with van der Waals surface area (Å²) in [5.74, 6) is 1.12. The Morgan fingerprint density at radius 2 is 1.83 bits per heavy atom. The summed E-state index contributed by atoms with van der Waals surface area (Å²) in [5.41, 5.74) is 3.77. The van der Waals surface area contributed by atoms with E-state index in [1.165, 1.54) is 24.0 Å². The van der Waals surface area contributed by atoms with Gasteiger partial charge in [-0.1, -0.05) is 49.2 Å². The fourth-order valence-electron chi connectivity index (χ4n) is 6.70. The van der Waals surface area contributed by atoms with Gasteiger partial charge in [0.15, 0.2) is 0 Å². The van der Waals surface area contributed by atoms with Gasteiger partial charge in [0.05, 0.1) is 5.92 Å². The highest BCUT2D eigenvalue weighted by atomic mass is 16.7. The van der Waals surface area contributed by atoms with E-state index >= 15 is 0 Å². The van der Waals surface area contributed by atoms with E-state index in [0.29, 0.717) is 12.5 Å². The van der Waals surface area contributed by atoms with Crippen molar-refractivity contribution in [2.45, 2.75) is 69.4 Å². The highest BCUT2D eigenvalue weighted by molar-refractivity contribution is 5.74. The van der Waals surface area contributed by atoms with Crippen molar-refractivity contribution in [3.05, 3.63) is 65.2 Å². The van der Waals surface area contributed by atoms with Crippen LogP contribution in [0.4, 0.5) is 4.79 Å². The van der Waals surface area contributed by atoms with Gasteiger partial charge in [-0.3, -0.25) is 4.79 Å². The molecule has 6 rings (SSSR count). The standard InChI is InChI=1S/C29H33NO5/c31-27(21-9-10-21)35-19-34-23-12-11-22-16-26-24-8-4-5-13-29(24,25(22)17-23)14-15-30(26)28(32)33-18-20-6-2-1-3-7-20/h1-3,6-7,11-12,17,21,24,26H,4-5,8-10,13-16,18-19H2/t24-,26+,29-/m1/s1. The van der Waals surface area contributed by atoms with Crippen molar-refractivity contribution in [2.75, 3.05) is 13.3 Å². The number of ether oxygens (including phenoxy) is 3. The molecule has 3 atom stereocenters. The minimum absolute atomic E-state index is 0.0335. The molecule has 2 aromatic carbocycles. The van der Waals surface area contributed by atoms with E-state index in [4.69, 9.17) is 14.2 Å². The van der Waals surface area contributed by atoms with Crippen LogP contribution in [0.3, 0.4) is 0 Å². The van der Waals surface area contributed by atoms with Crippen LogP contribution in [0.25, 0.3) is 0 Å². The number of carbonyl (C=O) groups is 2. The Bertz CT molecular complexity index is 1100. The number of benzene rings is 2. The SMILES string of the molecule is O=C(OCOc1ccc2c(c1)[C@@]13CCCC[C@@H]1[C@H](C2)N(C(=O)OCc1ccccc1)CC3)C1CC1. The number of amides is 1. The zero-order valence-electron chi connectivity index (χ0n) is 20.1. The highest BCUT2D eigenvalue weighted by Gasteiger charge is 2.55. The second-order valence-corrected chi connectivity index (χ2v) is 10.6. The molecule has 3 fully saturated rings. The van der Waals surface area contributed by atoms with Crippen LogP contribution in [-0.4, -0.2) is 36.3 Å². The summed E-state index contributed by atoms with van der Waals surface area (Å²) in [6.45, 7) is 0.994. The van der Waals surface area contributed by atoms with Crippen LogP contribution in [-0.2, 0) is 32.7 Å². The maximum atomic E-state index is 13.2. The largest absolute Gasteiger partial charge is 0.457 e. The van der Waals surface area contributed by atoms with Crippen LogP contribution in [0.1, 0.15) is 61.6 Å². The fourth-order valence-corrected chi connectivity index (χ4v) is 6.70. The van der Waals surface area contributed by atoms with E-state index in [1.54, 1.807) is 0 Å². The molecule has 0 unspecified atom stereocenters. The fraction of sp³-hybridized carbons (Fsp3) is 0.517. The minimum Gasteiger partial charge on any atom is -0.457 e. The first-order valence-electron chi connectivity index (χ1n) is 13.0. The van der Waals surface area contributed by atoms with Gasteiger partial charge in [0, 0.05) is 18.0 Å². The summed E-state index contributed by atoms with van der Waals surface area (Å²) in [7, 11) is 0. The number of nitrogens with zero attached hydrogens (tertiary/aromatic N) is 1. The molecule has 1 aliphatic heterocycles. The second kappa shape index (κ2) is 9.21. The Labute approximate surface area is 206 Å². The number of hydrogen-bond acceptors (Lipinski definition) is 5. The van der Waals surface area contributed by atoms with E-state index in [9.17, 15) is 9.59 Å². The molecule has 6 heteroatoms. The van der Waals surface area contributed by atoms with Crippen LogP contribution in [0.2, 0.25) is 0 Å². The van der Waals surface area contributed by atoms with Gasteiger partial charge < -0.3 is 19.1 Å². The molecule has 1 saturated heterocycles. The number of esters is 1. The predicted octanol–water partition coefficient (Wildman–Crippen LogP) is 5.37. The second-order valence-electron chi connectivity index (χ2n) is 10.6. The van der Waals surface area contributed by atoms with Gasteiger partial charge in [-0.05, 0) is 73.3 Å². The number of likely N-dealkylation sites (tertiary alicyclic amines) is 1. The van der Waals surface area contributed by atoms with Gasteiger partial charge in [-0.15, -0.1) is 0 Å². The molecule has 1 amide bonds. The first-order valence-corrected chi connectivity index (χ1v) is 13.0. The third-order valence-corrected chi connectivity index (χ3v) is 8.59. The van der Waals surface area contributed by atoms with Gasteiger partial charge in [0.25, 0.3) is 0 Å². The van der Waals surface area contributed by atoms with Gasteiger partial charge in [-0.25, -0.2) is 4.79 Å². The number of rotatable bonds is 6. The maximum Gasteiger partial charge on any atom is 0.410 e. The molecular weight excluding hydrogens is 442 g/mol. The highest BCUT2D eigenvalue weighted by Crippen LogP contribution is 2.56. The predicted molar refractivity (Wildman–Crippen MR) is 130 cm³/mol. The van der Waals surface area contributed by atoms with E-state index in [1.807, 2.05) is 41.3 Å². The number of piperidine rings is 1. The molecule has 2 saturated carbocycles. The zero-order valence-corrected chi connectivity index (χ0v) is 20.1. The Kier molecular flexibility index (Phi) is 5.91. The quantitative estimate of drug-likeness (QED) is 0.415.